The van der Waals surface area contributed by atoms with Gasteiger partial charge in [0.15, 0.2) is 0 Å². The molecule has 0 saturated carbocycles. The molecule has 0 aromatic heterocycles. The van der Waals surface area contributed by atoms with E-state index < -0.39 is 6.09 Å². The van der Waals surface area contributed by atoms with Crippen LogP contribution in [0.5, 0.6) is 0 Å². The monoisotopic (exact) mass is 232 g/mol. The molecule has 90 valence electrons. The quantitative estimate of drug-likeness (QED) is 0.771. The van der Waals surface area contributed by atoms with Crippen molar-refractivity contribution in [1.82, 2.24) is 5.32 Å². The topological polar surface area (TPSA) is 64.3 Å². The van der Waals surface area contributed by atoms with Gasteiger partial charge < -0.3 is 15.8 Å². The van der Waals surface area contributed by atoms with Crippen molar-refractivity contribution < 1.29 is 9.53 Å². The molecular formula is C13H16N2O2. The minimum atomic E-state index is -0.411. The summed E-state index contributed by atoms with van der Waals surface area (Å²) in [6.07, 6.45) is -0.411. The molecule has 0 aliphatic heterocycles. The van der Waals surface area contributed by atoms with E-state index in [1.165, 1.54) is 0 Å². The van der Waals surface area contributed by atoms with E-state index in [4.69, 9.17) is 10.5 Å². The highest BCUT2D eigenvalue weighted by molar-refractivity contribution is 5.67. The number of alkyl carbamates (subject to hydrolysis) is 1. The molecule has 0 spiro atoms. The fourth-order valence-electron chi connectivity index (χ4n) is 1.27. The number of nitrogens with two attached hydrogens (primary N) is 1. The molecule has 4 heteroatoms. The second-order valence-corrected chi connectivity index (χ2v) is 3.28. The second-order valence-electron chi connectivity index (χ2n) is 3.28. The van der Waals surface area contributed by atoms with E-state index >= 15 is 0 Å². The van der Waals surface area contributed by atoms with Gasteiger partial charge in [-0.3, -0.25) is 0 Å². The summed E-state index contributed by atoms with van der Waals surface area (Å²) in [6.45, 7) is 2.90. The highest BCUT2D eigenvalue weighted by atomic mass is 16.5. The summed E-state index contributed by atoms with van der Waals surface area (Å²) in [5.41, 5.74) is 7.16. The summed E-state index contributed by atoms with van der Waals surface area (Å²) in [5.74, 6) is 5.72. The lowest BCUT2D eigenvalue weighted by atomic mass is 10.1. The molecule has 0 heterocycles. The molecule has 0 aliphatic carbocycles. The molecule has 17 heavy (non-hydrogen) atoms. The van der Waals surface area contributed by atoms with E-state index in [0.717, 1.165) is 11.1 Å². The minimum absolute atomic E-state index is 0.339. The predicted molar refractivity (Wildman–Crippen MR) is 66.2 cm³/mol. The van der Waals surface area contributed by atoms with E-state index in [9.17, 15) is 4.79 Å². The van der Waals surface area contributed by atoms with Crippen LogP contribution in [0.25, 0.3) is 0 Å². The standard InChI is InChI=1S/C13H16N2O2/c1-2-17-13(16)15-10-12-6-3-5-11(9-12)7-4-8-14/h3,5-6,9H,2,8,10,14H2,1H3,(H,15,16). The summed E-state index contributed by atoms with van der Waals surface area (Å²) < 4.78 is 4.76. The van der Waals surface area contributed by atoms with Crippen molar-refractivity contribution in [2.45, 2.75) is 13.5 Å². The van der Waals surface area contributed by atoms with Crippen molar-refractivity contribution in [2.24, 2.45) is 5.73 Å². The molecule has 0 unspecified atom stereocenters. The maximum atomic E-state index is 11.1. The first kappa shape index (κ1) is 13.1. The van der Waals surface area contributed by atoms with E-state index in [-0.39, 0.29) is 0 Å². The molecular weight excluding hydrogens is 216 g/mol. The highest BCUT2D eigenvalue weighted by Gasteiger charge is 2.00. The molecule has 4 nitrogen and oxygen atoms in total. The van der Waals surface area contributed by atoms with Crippen molar-refractivity contribution in [2.75, 3.05) is 13.2 Å². The summed E-state index contributed by atoms with van der Waals surface area (Å²) in [5, 5.41) is 2.65. The van der Waals surface area contributed by atoms with Gasteiger partial charge in [0.1, 0.15) is 0 Å². The third-order valence-electron chi connectivity index (χ3n) is 1.97. The van der Waals surface area contributed by atoms with E-state index in [1.54, 1.807) is 6.92 Å². The number of rotatable bonds is 3. The summed E-state index contributed by atoms with van der Waals surface area (Å²) in [7, 11) is 0. The Morgan fingerprint density at radius 2 is 2.35 bits per heavy atom. The Kier molecular flexibility index (Phi) is 5.62. The molecule has 1 aromatic rings. The Morgan fingerprint density at radius 1 is 1.53 bits per heavy atom. The molecule has 0 saturated heterocycles. The molecule has 0 radical (unpaired) electrons. The number of hydrogen-bond acceptors (Lipinski definition) is 3. The first-order valence-electron chi connectivity index (χ1n) is 5.44. The number of hydrogen-bond donors (Lipinski definition) is 2. The van der Waals surface area contributed by atoms with Gasteiger partial charge in [-0.15, -0.1) is 0 Å². The lowest BCUT2D eigenvalue weighted by Gasteiger charge is -2.05. The van der Waals surface area contributed by atoms with Gasteiger partial charge in [0, 0.05) is 12.1 Å². The fraction of sp³-hybridized carbons (Fsp3) is 0.308. The second kappa shape index (κ2) is 7.31. The molecule has 0 fully saturated rings. The summed E-state index contributed by atoms with van der Waals surface area (Å²) >= 11 is 0. The zero-order valence-electron chi connectivity index (χ0n) is 9.82. The van der Waals surface area contributed by atoms with Crippen LogP contribution in [0.15, 0.2) is 24.3 Å². The van der Waals surface area contributed by atoms with E-state index in [0.29, 0.717) is 19.7 Å². The van der Waals surface area contributed by atoms with Crippen molar-refractivity contribution in [3.63, 3.8) is 0 Å². The number of amides is 1. The maximum absolute atomic E-state index is 11.1. The lowest BCUT2D eigenvalue weighted by Crippen LogP contribution is -2.23. The summed E-state index contributed by atoms with van der Waals surface area (Å²) in [4.78, 5) is 11.1. The third-order valence-corrected chi connectivity index (χ3v) is 1.97. The van der Waals surface area contributed by atoms with Gasteiger partial charge in [-0.2, -0.15) is 0 Å². The van der Waals surface area contributed by atoms with Crippen LogP contribution in [0, 0.1) is 11.8 Å². The van der Waals surface area contributed by atoms with Crippen molar-refractivity contribution in [3.05, 3.63) is 35.4 Å². The SMILES string of the molecule is CCOC(=O)NCc1cccc(C#CCN)c1. The van der Waals surface area contributed by atoms with Gasteiger partial charge in [0.25, 0.3) is 0 Å². The molecule has 0 atom stereocenters. The Labute approximate surface area is 101 Å². The van der Waals surface area contributed by atoms with Crippen LogP contribution in [0.3, 0.4) is 0 Å². The van der Waals surface area contributed by atoms with Crippen LogP contribution in [0.4, 0.5) is 4.79 Å². The Morgan fingerprint density at radius 3 is 3.06 bits per heavy atom. The average Bonchev–Trinajstić information content (AvgIpc) is 2.35. The number of benzene rings is 1. The first-order valence-corrected chi connectivity index (χ1v) is 5.44. The van der Waals surface area contributed by atoms with Crippen LogP contribution >= 0.6 is 0 Å². The third kappa shape index (κ3) is 5.05. The van der Waals surface area contributed by atoms with Crippen LogP contribution < -0.4 is 11.1 Å². The summed E-state index contributed by atoms with van der Waals surface area (Å²) in [6, 6.07) is 7.62. The fourth-order valence-corrected chi connectivity index (χ4v) is 1.27. The number of carbonyl (C=O) groups is 1. The minimum Gasteiger partial charge on any atom is -0.450 e. The van der Waals surface area contributed by atoms with Gasteiger partial charge in [0.05, 0.1) is 13.2 Å². The van der Waals surface area contributed by atoms with Gasteiger partial charge >= 0.3 is 6.09 Å². The van der Waals surface area contributed by atoms with Gasteiger partial charge in [0.2, 0.25) is 0 Å². The van der Waals surface area contributed by atoms with Crippen molar-refractivity contribution in [3.8, 4) is 11.8 Å². The Bertz CT molecular complexity index is 433. The number of nitrogens with one attached hydrogen (secondary N) is 1. The predicted octanol–water partition coefficient (Wildman–Crippen LogP) is 1.24. The van der Waals surface area contributed by atoms with E-state index in [2.05, 4.69) is 17.2 Å². The number of ether oxygens (including phenoxy) is 1. The molecule has 0 aliphatic rings. The average molecular weight is 232 g/mol. The Hall–Kier alpha value is -1.99. The van der Waals surface area contributed by atoms with Gasteiger partial charge in [-0.1, -0.05) is 24.0 Å². The molecule has 0 bridgehead atoms. The first-order chi connectivity index (χ1) is 8.26. The Balaban J connectivity index is 2.57. The van der Waals surface area contributed by atoms with Crippen molar-refractivity contribution >= 4 is 6.09 Å². The highest BCUT2D eigenvalue weighted by Crippen LogP contribution is 2.03. The molecule has 1 aromatic carbocycles. The number of carbonyl (C=O) groups excluding carboxylic acids is 1. The molecule has 1 amide bonds. The largest absolute Gasteiger partial charge is 0.450 e. The van der Waals surface area contributed by atoms with Gasteiger partial charge in [-0.05, 0) is 24.6 Å². The maximum Gasteiger partial charge on any atom is 0.407 e. The lowest BCUT2D eigenvalue weighted by molar-refractivity contribution is 0.151. The zero-order valence-corrected chi connectivity index (χ0v) is 9.82. The molecule has 1 rings (SSSR count). The van der Waals surface area contributed by atoms with Crippen LogP contribution in [0.2, 0.25) is 0 Å². The van der Waals surface area contributed by atoms with Crippen LogP contribution in [-0.2, 0) is 11.3 Å². The van der Waals surface area contributed by atoms with E-state index in [1.807, 2.05) is 24.3 Å². The van der Waals surface area contributed by atoms with Crippen molar-refractivity contribution in [1.29, 1.82) is 0 Å². The van der Waals surface area contributed by atoms with Gasteiger partial charge in [-0.25, -0.2) is 4.79 Å². The zero-order chi connectivity index (χ0) is 12.5. The van der Waals surface area contributed by atoms with Crippen LogP contribution in [0.1, 0.15) is 18.1 Å². The van der Waals surface area contributed by atoms with Crippen LogP contribution in [-0.4, -0.2) is 19.2 Å². The molecule has 3 N–H and O–H groups in total. The normalized spacial score (nSPS) is 9.06. The smallest absolute Gasteiger partial charge is 0.407 e.